The number of aromatic nitrogens is 4. The van der Waals surface area contributed by atoms with Gasteiger partial charge in [0.05, 0.1) is 6.33 Å². The molecule has 0 bridgehead atoms. The Morgan fingerprint density at radius 2 is 1.69 bits per heavy atom. The Bertz CT molecular complexity index is 1220. The van der Waals surface area contributed by atoms with Gasteiger partial charge >= 0.3 is 6.09 Å². The first-order valence-electron chi connectivity index (χ1n) is 8.67. The minimum atomic E-state index is -0.972. The highest BCUT2D eigenvalue weighted by Gasteiger charge is 2.29. The summed E-state index contributed by atoms with van der Waals surface area (Å²) in [4.78, 5) is 51.9. The number of carbonyl (C=O) groups excluding carboxylic acids is 2. The normalized spacial score (nSPS) is 10.6. The summed E-state index contributed by atoms with van der Waals surface area (Å²) in [6.45, 7) is -0.0485. The molecule has 0 unspecified atom stereocenters. The van der Waals surface area contributed by atoms with Crippen molar-refractivity contribution in [1.29, 1.82) is 0 Å². The maximum atomic E-state index is 13.0. The van der Waals surface area contributed by atoms with E-state index in [1.54, 1.807) is 54.6 Å². The molecule has 144 valence electrons. The number of rotatable bonds is 4. The Hall–Kier alpha value is -4.27. The first-order chi connectivity index (χ1) is 14.1. The topological polar surface area (TPSA) is 121 Å². The van der Waals surface area contributed by atoms with E-state index in [4.69, 9.17) is 4.74 Å². The minimum Gasteiger partial charge on any atom is -0.444 e. The highest BCUT2D eigenvalue weighted by molar-refractivity contribution is 6.18. The highest BCUT2D eigenvalue weighted by atomic mass is 16.6. The van der Waals surface area contributed by atoms with Gasteiger partial charge in [-0.15, -0.1) is 0 Å². The van der Waals surface area contributed by atoms with Gasteiger partial charge in [-0.05, 0) is 17.7 Å². The van der Waals surface area contributed by atoms with Crippen molar-refractivity contribution in [2.24, 2.45) is 0 Å². The van der Waals surface area contributed by atoms with E-state index in [1.165, 1.54) is 6.33 Å². The number of ether oxygens (including phenoxy) is 1. The number of imide groups is 1. The molecule has 9 nitrogen and oxygen atoms in total. The van der Waals surface area contributed by atoms with Gasteiger partial charge in [-0.1, -0.05) is 48.5 Å². The van der Waals surface area contributed by atoms with Crippen molar-refractivity contribution in [3.8, 4) is 0 Å². The molecule has 0 aliphatic rings. The predicted molar refractivity (Wildman–Crippen MR) is 104 cm³/mol. The van der Waals surface area contributed by atoms with Gasteiger partial charge in [-0.3, -0.25) is 14.6 Å². The maximum Gasteiger partial charge on any atom is 0.424 e. The first-order valence-corrected chi connectivity index (χ1v) is 8.67. The van der Waals surface area contributed by atoms with Crippen LogP contribution in [0.5, 0.6) is 0 Å². The van der Waals surface area contributed by atoms with Crippen LogP contribution in [-0.4, -0.2) is 31.9 Å². The van der Waals surface area contributed by atoms with Gasteiger partial charge in [0, 0.05) is 5.56 Å². The van der Waals surface area contributed by atoms with E-state index in [0.29, 0.717) is 4.90 Å². The molecule has 2 N–H and O–H groups in total. The molecule has 9 heteroatoms. The molecule has 0 aliphatic heterocycles. The Kier molecular flexibility index (Phi) is 4.85. The summed E-state index contributed by atoms with van der Waals surface area (Å²) in [6, 6.07) is 17.2. The zero-order valence-electron chi connectivity index (χ0n) is 15.0. The number of aromatic amines is 2. The lowest BCUT2D eigenvalue weighted by Crippen LogP contribution is -2.39. The third-order valence-corrected chi connectivity index (χ3v) is 4.11. The van der Waals surface area contributed by atoms with Gasteiger partial charge in [0.2, 0.25) is 5.95 Å². The van der Waals surface area contributed by atoms with Crippen molar-refractivity contribution in [2.75, 3.05) is 4.90 Å². The fraction of sp³-hybridized carbons (Fsp3) is 0.0500. The van der Waals surface area contributed by atoms with Crippen molar-refractivity contribution in [3.63, 3.8) is 0 Å². The minimum absolute atomic E-state index is 0.0485. The lowest BCUT2D eigenvalue weighted by Gasteiger charge is -2.19. The first kappa shape index (κ1) is 18.1. The number of imidazole rings is 1. The molecule has 2 amide bonds. The Morgan fingerprint density at radius 3 is 2.41 bits per heavy atom. The van der Waals surface area contributed by atoms with E-state index in [0.717, 1.165) is 5.56 Å². The number of nitrogens with zero attached hydrogens (tertiary/aromatic N) is 3. The molecule has 0 radical (unpaired) electrons. The molecular weight excluding hydrogens is 374 g/mol. The molecule has 0 atom stereocenters. The summed E-state index contributed by atoms with van der Waals surface area (Å²) in [7, 11) is 0. The van der Waals surface area contributed by atoms with E-state index in [9.17, 15) is 14.4 Å². The molecule has 0 saturated heterocycles. The fourth-order valence-corrected chi connectivity index (χ4v) is 2.70. The summed E-state index contributed by atoms with van der Waals surface area (Å²) in [5.41, 5.74) is 0.624. The number of hydrogen-bond donors (Lipinski definition) is 2. The van der Waals surface area contributed by atoms with Crippen LogP contribution in [0.2, 0.25) is 0 Å². The van der Waals surface area contributed by atoms with Crippen molar-refractivity contribution in [3.05, 3.63) is 88.5 Å². The maximum absolute atomic E-state index is 13.0. The summed E-state index contributed by atoms with van der Waals surface area (Å²) < 4.78 is 5.30. The van der Waals surface area contributed by atoms with Crippen LogP contribution in [0.25, 0.3) is 11.2 Å². The number of amides is 2. The number of H-pyrrole nitrogens is 2. The second kappa shape index (κ2) is 7.77. The van der Waals surface area contributed by atoms with E-state index in [-0.39, 0.29) is 29.3 Å². The van der Waals surface area contributed by atoms with Crippen molar-refractivity contribution in [2.45, 2.75) is 6.61 Å². The van der Waals surface area contributed by atoms with Crippen molar-refractivity contribution in [1.82, 2.24) is 19.9 Å². The molecule has 2 aromatic heterocycles. The number of nitrogens with one attached hydrogen (secondary N) is 2. The molecule has 0 aliphatic carbocycles. The zero-order valence-corrected chi connectivity index (χ0v) is 15.0. The molecule has 0 spiro atoms. The number of fused-ring (bicyclic) bond motifs is 1. The van der Waals surface area contributed by atoms with Gasteiger partial charge in [0.1, 0.15) is 6.61 Å². The largest absolute Gasteiger partial charge is 0.444 e. The number of anilines is 1. The Balaban J connectivity index is 1.71. The van der Waals surface area contributed by atoms with Crippen LogP contribution in [0.1, 0.15) is 15.9 Å². The van der Waals surface area contributed by atoms with Gasteiger partial charge in [0.15, 0.2) is 11.2 Å². The second-order valence-corrected chi connectivity index (χ2v) is 6.04. The van der Waals surface area contributed by atoms with Crippen molar-refractivity contribution >= 4 is 29.1 Å². The molecule has 4 rings (SSSR count). The van der Waals surface area contributed by atoms with E-state index < -0.39 is 17.6 Å². The van der Waals surface area contributed by atoms with Gasteiger partial charge in [-0.2, -0.15) is 9.88 Å². The van der Waals surface area contributed by atoms with E-state index in [1.807, 2.05) is 6.07 Å². The third-order valence-electron chi connectivity index (χ3n) is 4.11. The van der Waals surface area contributed by atoms with E-state index >= 15 is 0 Å². The molecule has 4 aromatic rings. The highest BCUT2D eigenvalue weighted by Crippen LogP contribution is 2.16. The molecular formula is C20H15N5O4. The number of carbonyl (C=O) groups is 2. The van der Waals surface area contributed by atoms with Gasteiger partial charge in [-0.25, -0.2) is 9.78 Å². The summed E-state index contributed by atoms with van der Waals surface area (Å²) in [6.07, 6.45) is 0.328. The van der Waals surface area contributed by atoms with Crippen LogP contribution in [0.15, 0.2) is 71.8 Å². The van der Waals surface area contributed by atoms with Crippen LogP contribution in [-0.2, 0) is 11.3 Å². The van der Waals surface area contributed by atoms with Gasteiger partial charge < -0.3 is 9.72 Å². The van der Waals surface area contributed by atoms with Crippen LogP contribution in [0, 0.1) is 0 Å². The summed E-state index contributed by atoms with van der Waals surface area (Å²) >= 11 is 0. The number of hydrogen-bond acceptors (Lipinski definition) is 6. The Labute approximate surface area is 164 Å². The molecule has 29 heavy (non-hydrogen) atoms. The SMILES string of the molecule is O=C(OCc1ccccc1)N(C(=O)c1ccccc1)c1nc2nc[nH]c2c(=O)[nH]1. The fourth-order valence-electron chi connectivity index (χ4n) is 2.70. The Morgan fingerprint density at radius 1 is 1.00 bits per heavy atom. The van der Waals surface area contributed by atoms with Crippen molar-refractivity contribution < 1.29 is 14.3 Å². The smallest absolute Gasteiger partial charge is 0.424 e. The molecule has 0 fully saturated rings. The van der Waals surface area contributed by atoms with Crippen LogP contribution in [0.4, 0.5) is 10.7 Å². The lowest BCUT2D eigenvalue weighted by atomic mass is 10.2. The van der Waals surface area contributed by atoms with E-state index in [2.05, 4.69) is 19.9 Å². The molecule has 2 heterocycles. The molecule has 2 aromatic carbocycles. The van der Waals surface area contributed by atoms with Crippen LogP contribution < -0.4 is 10.5 Å². The monoisotopic (exact) mass is 389 g/mol. The molecule has 0 saturated carbocycles. The quantitative estimate of drug-likeness (QED) is 0.553. The average molecular weight is 389 g/mol. The van der Waals surface area contributed by atoms with Gasteiger partial charge in [0.25, 0.3) is 11.5 Å². The lowest BCUT2D eigenvalue weighted by molar-refractivity contribution is 0.0957. The van der Waals surface area contributed by atoms with Crippen LogP contribution in [0.3, 0.4) is 0 Å². The third kappa shape index (κ3) is 3.74. The average Bonchev–Trinajstić information content (AvgIpc) is 3.23. The standard InChI is InChI=1S/C20H15N5O4/c26-17-15-16(22-12-21-15)23-19(24-17)25(18(27)14-9-5-2-6-10-14)20(28)29-11-13-7-3-1-4-8-13/h1-10,12H,11H2,(H2,21,22,23,24,26). The number of benzene rings is 2. The van der Waals surface area contributed by atoms with Crippen LogP contribution >= 0.6 is 0 Å². The zero-order chi connectivity index (χ0) is 20.2. The predicted octanol–water partition coefficient (Wildman–Crippen LogP) is 2.63. The summed E-state index contributed by atoms with van der Waals surface area (Å²) in [5.74, 6) is -0.969. The second-order valence-electron chi connectivity index (χ2n) is 6.04. The summed E-state index contributed by atoms with van der Waals surface area (Å²) in [5, 5.41) is 0.